The van der Waals surface area contributed by atoms with Gasteiger partial charge in [-0.05, 0) is 44.5 Å². The van der Waals surface area contributed by atoms with E-state index in [2.05, 4.69) is 11.9 Å². The van der Waals surface area contributed by atoms with Crippen molar-refractivity contribution >= 4 is 5.91 Å². The van der Waals surface area contributed by atoms with Gasteiger partial charge in [-0.2, -0.15) is 0 Å². The molecule has 0 radical (unpaired) electrons. The highest BCUT2D eigenvalue weighted by molar-refractivity contribution is 5.95. The van der Waals surface area contributed by atoms with Crippen molar-refractivity contribution in [1.29, 1.82) is 0 Å². The molecular formula is C20H26N2O4. The molecule has 0 aromatic carbocycles. The number of nitrogens with zero attached hydrogens (tertiary/aromatic N) is 2. The Morgan fingerprint density at radius 1 is 1.31 bits per heavy atom. The number of hydrogen-bond donors (Lipinski definition) is 0. The standard InChI is InChI=1S/C20H26N2O4/c1-14-17(6-9-24-14)20(23)22-7-5-15-13-26-19(18(15)11-22)12-21(2)10-16-4-3-8-25-16/h3-4,6,8-9,15,18-19H,5,7,10-13H2,1-2H3/t15-,18-,19+/m1/s1. The number of furan rings is 2. The van der Waals surface area contributed by atoms with Crippen LogP contribution in [0.5, 0.6) is 0 Å². The zero-order valence-electron chi connectivity index (χ0n) is 15.4. The molecule has 2 aliphatic heterocycles. The van der Waals surface area contributed by atoms with Crippen molar-refractivity contribution < 1.29 is 18.4 Å². The molecular weight excluding hydrogens is 332 g/mol. The van der Waals surface area contributed by atoms with Gasteiger partial charge in [0.25, 0.3) is 5.91 Å². The van der Waals surface area contributed by atoms with Crippen LogP contribution in [0.25, 0.3) is 0 Å². The van der Waals surface area contributed by atoms with E-state index in [9.17, 15) is 4.79 Å². The Bertz CT molecular complexity index is 739. The van der Waals surface area contributed by atoms with Gasteiger partial charge in [0, 0.05) is 25.6 Å². The molecule has 2 aromatic heterocycles. The minimum absolute atomic E-state index is 0.0734. The summed E-state index contributed by atoms with van der Waals surface area (Å²) in [4.78, 5) is 17.0. The third-order valence-corrected chi connectivity index (χ3v) is 5.68. The maximum Gasteiger partial charge on any atom is 0.257 e. The zero-order valence-corrected chi connectivity index (χ0v) is 15.4. The molecule has 1 amide bonds. The van der Waals surface area contributed by atoms with Crippen LogP contribution in [0.4, 0.5) is 0 Å². The van der Waals surface area contributed by atoms with Crippen molar-refractivity contribution in [2.24, 2.45) is 11.8 Å². The van der Waals surface area contributed by atoms with E-state index in [0.29, 0.717) is 23.2 Å². The second kappa shape index (κ2) is 7.29. The number of carbonyl (C=O) groups excluding carboxylic acids is 1. The highest BCUT2D eigenvalue weighted by atomic mass is 16.5. The summed E-state index contributed by atoms with van der Waals surface area (Å²) in [7, 11) is 2.08. The lowest BCUT2D eigenvalue weighted by Crippen LogP contribution is -2.47. The zero-order chi connectivity index (χ0) is 18.1. The predicted octanol–water partition coefficient (Wildman–Crippen LogP) is 2.79. The topological polar surface area (TPSA) is 59.1 Å². The number of piperidine rings is 1. The number of hydrogen-bond acceptors (Lipinski definition) is 5. The maximum absolute atomic E-state index is 12.8. The van der Waals surface area contributed by atoms with Crippen LogP contribution in [-0.2, 0) is 11.3 Å². The van der Waals surface area contributed by atoms with Crippen LogP contribution in [0.1, 0.15) is 28.3 Å². The first-order chi connectivity index (χ1) is 12.6. The van der Waals surface area contributed by atoms with Gasteiger partial charge in [-0.25, -0.2) is 0 Å². The first-order valence-corrected chi connectivity index (χ1v) is 9.27. The second-order valence-electron chi connectivity index (χ2n) is 7.50. The van der Waals surface area contributed by atoms with Crippen LogP contribution < -0.4 is 0 Å². The first kappa shape index (κ1) is 17.4. The van der Waals surface area contributed by atoms with Crippen molar-refractivity contribution in [2.45, 2.75) is 26.0 Å². The Balaban J connectivity index is 1.39. The third-order valence-electron chi connectivity index (χ3n) is 5.68. The van der Waals surface area contributed by atoms with E-state index in [1.54, 1.807) is 18.6 Å². The van der Waals surface area contributed by atoms with Gasteiger partial charge in [0.05, 0.1) is 37.3 Å². The summed E-state index contributed by atoms with van der Waals surface area (Å²) in [6.07, 6.45) is 4.45. The van der Waals surface area contributed by atoms with E-state index in [-0.39, 0.29) is 12.0 Å². The van der Waals surface area contributed by atoms with Crippen LogP contribution in [0.15, 0.2) is 39.6 Å². The average molecular weight is 358 g/mol. The number of aryl methyl sites for hydroxylation is 1. The molecule has 6 heteroatoms. The minimum atomic E-state index is 0.0734. The molecule has 3 atom stereocenters. The van der Waals surface area contributed by atoms with E-state index in [4.69, 9.17) is 13.6 Å². The molecule has 0 aliphatic carbocycles. The first-order valence-electron chi connectivity index (χ1n) is 9.27. The molecule has 0 spiro atoms. The largest absolute Gasteiger partial charge is 0.469 e. The van der Waals surface area contributed by atoms with Crippen LogP contribution in [0.3, 0.4) is 0 Å². The summed E-state index contributed by atoms with van der Waals surface area (Å²) in [6.45, 7) is 5.80. The highest BCUT2D eigenvalue weighted by Crippen LogP contribution is 2.35. The number of rotatable bonds is 5. The molecule has 0 saturated carbocycles. The molecule has 0 N–H and O–H groups in total. The molecule has 2 fully saturated rings. The summed E-state index contributed by atoms with van der Waals surface area (Å²) in [5.41, 5.74) is 0.675. The maximum atomic E-state index is 12.8. The number of likely N-dealkylation sites (N-methyl/N-ethyl adjacent to an activating group) is 1. The van der Waals surface area contributed by atoms with Gasteiger partial charge < -0.3 is 18.5 Å². The van der Waals surface area contributed by atoms with Crippen molar-refractivity contribution in [3.05, 3.63) is 47.8 Å². The number of carbonyl (C=O) groups is 1. The molecule has 6 nitrogen and oxygen atoms in total. The van der Waals surface area contributed by atoms with E-state index in [1.165, 1.54) is 0 Å². The van der Waals surface area contributed by atoms with Crippen molar-refractivity contribution in [3.63, 3.8) is 0 Å². The van der Waals surface area contributed by atoms with Crippen molar-refractivity contribution in [1.82, 2.24) is 9.80 Å². The van der Waals surface area contributed by atoms with Crippen LogP contribution in [0.2, 0.25) is 0 Å². The fourth-order valence-electron chi connectivity index (χ4n) is 4.22. The van der Waals surface area contributed by atoms with E-state index >= 15 is 0 Å². The summed E-state index contributed by atoms with van der Waals surface area (Å²) >= 11 is 0. The lowest BCUT2D eigenvalue weighted by Gasteiger charge is -2.36. The molecule has 26 heavy (non-hydrogen) atoms. The minimum Gasteiger partial charge on any atom is -0.469 e. The molecule has 4 heterocycles. The second-order valence-corrected chi connectivity index (χ2v) is 7.50. The van der Waals surface area contributed by atoms with Gasteiger partial charge in [-0.3, -0.25) is 9.69 Å². The molecule has 0 unspecified atom stereocenters. The van der Waals surface area contributed by atoms with Gasteiger partial charge in [0.1, 0.15) is 11.5 Å². The molecule has 2 saturated heterocycles. The average Bonchev–Trinajstić information content (AvgIpc) is 3.36. The van der Waals surface area contributed by atoms with E-state index < -0.39 is 0 Å². The van der Waals surface area contributed by atoms with Gasteiger partial charge >= 0.3 is 0 Å². The normalized spacial score (nSPS) is 25.7. The smallest absolute Gasteiger partial charge is 0.257 e. The summed E-state index contributed by atoms with van der Waals surface area (Å²) < 4.78 is 16.8. The Morgan fingerprint density at radius 3 is 2.92 bits per heavy atom. The third kappa shape index (κ3) is 3.44. The molecule has 2 aromatic rings. The summed E-state index contributed by atoms with van der Waals surface area (Å²) in [5, 5.41) is 0. The SMILES string of the molecule is Cc1occc1C(=O)N1CC[C@@H]2CO[C@@H](CN(C)Cc3ccco3)[C@@H]2C1. The van der Waals surface area contributed by atoms with Gasteiger partial charge in [0.2, 0.25) is 0 Å². The molecule has 140 valence electrons. The number of ether oxygens (including phenoxy) is 1. The summed E-state index contributed by atoms with van der Waals surface area (Å²) in [6, 6.07) is 5.67. The number of amides is 1. The predicted molar refractivity (Wildman–Crippen MR) is 95.7 cm³/mol. The molecule has 4 rings (SSSR count). The van der Waals surface area contributed by atoms with E-state index in [1.807, 2.05) is 24.0 Å². The Labute approximate surface area is 153 Å². The fraction of sp³-hybridized carbons (Fsp3) is 0.550. The monoisotopic (exact) mass is 358 g/mol. The van der Waals surface area contributed by atoms with Crippen LogP contribution in [0, 0.1) is 18.8 Å². The Kier molecular flexibility index (Phi) is 4.87. The van der Waals surface area contributed by atoms with E-state index in [0.717, 1.165) is 45.0 Å². The van der Waals surface area contributed by atoms with Gasteiger partial charge in [-0.15, -0.1) is 0 Å². The lowest BCUT2D eigenvalue weighted by molar-refractivity contribution is 0.0419. The van der Waals surface area contributed by atoms with Crippen LogP contribution >= 0.6 is 0 Å². The van der Waals surface area contributed by atoms with Crippen molar-refractivity contribution in [3.8, 4) is 0 Å². The fourth-order valence-corrected chi connectivity index (χ4v) is 4.22. The molecule has 2 aliphatic rings. The Hall–Kier alpha value is -2.05. The highest BCUT2D eigenvalue weighted by Gasteiger charge is 2.42. The van der Waals surface area contributed by atoms with Crippen molar-refractivity contribution in [2.75, 3.05) is 33.3 Å². The number of likely N-dealkylation sites (tertiary alicyclic amines) is 1. The summed E-state index contributed by atoms with van der Waals surface area (Å²) in [5.74, 6) is 2.65. The van der Waals surface area contributed by atoms with Gasteiger partial charge in [0.15, 0.2) is 0 Å². The molecule has 0 bridgehead atoms. The Morgan fingerprint density at radius 2 is 2.19 bits per heavy atom. The lowest BCUT2D eigenvalue weighted by atomic mass is 9.84. The van der Waals surface area contributed by atoms with Crippen LogP contribution in [-0.4, -0.2) is 55.1 Å². The number of fused-ring (bicyclic) bond motifs is 1. The van der Waals surface area contributed by atoms with Gasteiger partial charge in [-0.1, -0.05) is 0 Å². The quantitative estimate of drug-likeness (QED) is 0.823.